The second-order valence-corrected chi connectivity index (χ2v) is 19.3. The van der Waals surface area contributed by atoms with Gasteiger partial charge in [-0.3, -0.25) is 9.78 Å². The van der Waals surface area contributed by atoms with Crippen LogP contribution in [0.1, 0.15) is 74.7 Å². The zero-order valence-corrected chi connectivity index (χ0v) is 39.9. The first kappa shape index (κ1) is 51.2. The molecule has 63 heavy (non-hydrogen) atoms. The summed E-state index contributed by atoms with van der Waals surface area (Å²) in [6.07, 6.45) is -3.38. The van der Waals surface area contributed by atoms with Gasteiger partial charge in [0.2, 0.25) is 0 Å². The van der Waals surface area contributed by atoms with E-state index in [1.807, 2.05) is 109 Å². The van der Waals surface area contributed by atoms with Crippen molar-refractivity contribution in [1.82, 2.24) is 14.8 Å². The lowest BCUT2D eigenvalue weighted by molar-refractivity contribution is -0.319. The minimum Gasteiger partial charge on any atom is -0.490 e. The van der Waals surface area contributed by atoms with E-state index < -0.39 is 84.3 Å². The van der Waals surface area contributed by atoms with E-state index in [1.54, 1.807) is 40.5 Å². The molecule has 5 rings (SSSR count). The standard InChI is InChI=1S/C48H77N3O12/c1-28-22-48(8,57-13)44(63-46-41(53)38(50(9)10)21-30(3)59-46)31(4)42(62-39-23-47(7,56-12)43(54)33(6)60-39)32(5)45(55)61-37(26-51(11)25-29(2)40(28)52)27-58-36-18-16-34(17-19-36)35-15-14-20-49-24-35/h14-20,24,28-33,37-44,46,52-54H,21-23,25-27H2,1-13H3/t28-,29-,30-,31+,32-,33+,37-,38+,39+,40+,41-,42+,43+,44-,46+,47-,48+/m1/s1. The molecule has 15 heteroatoms. The third kappa shape index (κ3) is 12.6. The number of cyclic esters (lactones) is 1. The maximum atomic E-state index is 14.7. The predicted molar refractivity (Wildman–Crippen MR) is 238 cm³/mol. The minimum absolute atomic E-state index is 0.0619. The number of likely N-dealkylation sites (N-methyl/N-ethyl adjacent to an activating group) is 2. The number of methoxy groups -OCH3 is 2. The van der Waals surface area contributed by atoms with Crippen molar-refractivity contribution >= 4 is 5.97 Å². The molecule has 4 heterocycles. The molecular formula is C48H77N3O12. The molecule has 356 valence electrons. The zero-order valence-electron chi connectivity index (χ0n) is 39.9. The van der Waals surface area contributed by atoms with Crippen LogP contribution < -0.4 is 4.74 Å². The maximum Gasteiger partial charge on any atom is 0.311 e. The number of nitrogens with zero attached hydrogens (tertiary/aromatic N) is 3. The molecule has 2 aromatic rings. The van der Waals surface area contributed by atoms with Gasteiger partial charge in [-0.2, -0.15) is 0 Å². The molecule has 0 aliphatic carbocycles. The Balaban J connectivity index is 1.54. The van der Waals surface area contributed by atoms with Gasteiger partial charge in [-0.15, -0.1) is 0 Å². The van der Waals surface area contributed by atoms with Gasteiger partial charge in [-0.1, -0.05) is 39.0 Å². The Kier molecular flexibility index (Phi) is 18.0. The Bertz CT molecular complexity index is 1710. The fourth-order valence-electron chi connectivity index (χ4n) is 9.92. The van der Waals surface area contributed by atoms with Crippen LogP contribution in [0.3, 0.4) is 0 Å². The van der Waals surface area contributed by atoms with Crippen LogP contribution >= 0.6 is 0 Å². The van der Waals surface area contributed by atoms with Gasteiger partial charge in [-0.05, 0) is 110 Å². The highest BCUT2D eigenvalue weighted by Crippen LogP contribution is 2.41. The Labute approximate surface area is 375 Å². The van der Waals surface area contributed by atoms with Crippen LogP contribution in [0, 0.1) is 23.7 Å². The topological polar surface area (TPSA) is 171 Å². The molecule has 0 saturated carbocycles. The highest BCUT2D eigenvalue weighted by molar-refractivity contribution is 5.73. The number of aliphatic hydroxyl groups excluding tert-OH is 3. The Morgan fingerprint density at radius 2 is 1.54 bits per heavy atom. The van der Waals surface area contributed by atoms with Crippen molar-refractivity contribution in [2.24, 2.45) is 23.7 Å². The van der Waals surface area contributed by atoms with Crippen LogP contribution in [0.4, 0.5) is 0 Å². The van der Waals surface area contributed by atoms with Crippen molar-refractivity contribution in [3.8, 4) is 16.9 Å². The van der Waals surface area contributed by atoms with E-state index in [9.17, 15) is 20.1 Å². The van der Waals surface area contributed by atoms with E-state index in [0.717, 1.165) is 11.1 Å². The fourth-order valence-corrected chi connectivity index (χ4v) is 9.92. The van der Waals surface area contributed by atoms with Crippen molar-refractivity contribution in [3.63, 3.8) is 0 Å². The molecule has 0 spiro atoms. The molecule has 0 amide bonds. The Hall–Kier alpha value is -2.80. The SMILES string of the molecule is CO[C@]1(C)C[C@H](O[C@H]2[C@H](C)[C@@H](O[C@@H]3O[C@H](C)C[C@H](N(C)C)[C@H]3O)[C@@](C)(OC)C[C@@H](C)[C@H](O)[C@H](C)CN(C)C[C@H](COc3ccc(-c4cccnc4)cc3)OC(=O)[C@@H]2C)O[C@@H](C)[C@@H]1O. The first-order valence-electron chi connectivity index (χ1n) is 22.6. The van der Waals surface area contributed by atoms with Crippen LogP contribution in [-0.4, -0.2) is 170 Å². The Morgan fingerprint density at radius 1 is 0.857 bits per heavy atom. The molecule has 1 aromatic carbocycles. The lowest BCUT2D eigenvalue weighted by Crippen LogP contribution is -2.61. The van der Waals surface area contributed by atoms with Crippen molar-refractivity contribution in [2.75, 3.05) is 55.1 Å². The second kappa shape index (κ2) is 22.1. The van der Waals surface area contributed by atoms with Gasteiger partial charge in [-0.25, -0.2) is 0 Å². The molecule has 1 aromatic heterocycles. The third-order valence-corrected chi connectivity index (χ3v) is 13.8. The van der Waals surface area contributed by atoms with Crippen LogP contribution in [0.5, 0.6) is 5.75 Å². The van der Waals surface area contributed by atoms with E-state index in [1.165, 1.54) is 0 Å². The summed E-state index contributed by atoms with van der Waals surface area (Å²) in [6.45, 7) is 16.1. The molecule has 3 aliphatic rings. The minimum atomic E-state index is -1.10. The summed E-state index contributed by atoms with van der Waals surface area (Å²) < 4.78 is 51.5. The number of hydrogen-bond donors (Lipinski definition) is 3. The van der Waals surface area contributed by atoms with E-state index in [0.29, 0.717) is 31.7 Å². The largest absolute Gasteiger partial charge is 0.490 e. The highest BCUT2D eigenvalue weighted by atomic mass is 16.7. The fraction of sp³-hybridized carbons (Fsp3) is 0.750. The first-order valence-corrected chi connectivity index (χ1v) is 22.6. The smallest absolute Gasteiger partial charge is 0.311 e. The van der Waals surface area contributed by atoms with Gasteiger partial charge in [0, 0.05) is 58.1 Å². The number of benzene rings is 1. The zero-order chi connectivity index (χ0) is 46.4. The number of ether oxygens (including phenoxy) is 8. The number of pyridine rings is 1. The molecule has 0 unspecified atom stereocenters. The average Bonchev–Trinajstić information content (AvgIpc) is 3.25. The quantitative estimate of drug-likeness (QED) is 0.263. The van der Waals surface area contributed by atoms with E-state index >= 15 is 0 Å². The van der Waals surface area contributed by atoms with Crippen LogP contribution in [0.15, 0.2) is 48.8 Å². The number of aromatic nitrogens is 1. The number of esters is 1. The van der Waals surface area contributed by atoms with Crippen molar-refractivity contribution in [3.05, 3.63) is 48.8 Å². The lowest BCUT2D eigenvalue weighted by atomic mass is 9.75. The molecule has 0 radical (unpaired) electrons. The number of carbonyl (C=O) groups excluding carboxylic acids is 1. The van der Waals surface area contributed by atoms with Crippen LogP contribution in [-0.2, 0) is 38.0 Å². The molecular weight excluding hydrogens is 811 g/mol. The molecule has 3 N–H and O–H groups in total. The summed E-state index contributed by atoms with van der Waals surface area (Å²) in [5.74, 6) is -1.92. The molecule has 3 aliphatic heterocycles. The average molecular weight is 888 g/mol. The van der Waals surface area contributed by atoms with Crippen LogP contribution in [0.25, 0.3) is 11.1 Å². The number of rotatable bonds is 11. The predicted octanol–water partition coefficient (Wildman–Crippen LogP) is 4.78. The number of carbonyl (C=O) groups is 1. The number of aliphatic hydroxyl groups is 3. The van der Waals surface area contributed by atoms with E-state index in [-0.39, 0.29) is 37.0 Å². The van der Waals surface area contributed by atoms with E-state index in [2.05, 4.69) is 4.98 Å². The van der Waals surface area contributed by atoms with E-state index in [4.69, 9.17) is 37.9 Å². The van der Waals surface area contributed by atoms with Crippen molar-refractivity contribution in [2.45, 2.75) is 153 Å². The summed E-state index contributed by atoms with van der Waals surface area (Å²) in [6, 6.07) is 11.3. The number of hydrogen-bond acceptors (Lipinski definition) is 15. The Morgan fingerprint density at radius 3 is 2.16 bits per heavy atom. The normalized spacial score (nSPS) is 40.5. The lowest BCUT2D eigenvalue weighted by Gasteiger charge is -2.49. The van der Waals surface area contributed by atoms with Gasteiger partial charge >= 0.3 is 5.97 Å². The monoisotopic (exact) mass is 888 g/mol. The van der Waals surface area contributed by atoms with Gasteiger partial charge in [0.25, 0.3) is 0 Å². The second-order valence-electron chi connectivity index (χ2n) is 19.3. The van der Waals surface area contributed by atoms with Gasteiger partial charge in [0.05, 0.1) is 47.6 Å². The molecule has 17 atom stereocenters. The maximum absolute atomic E-state index is 14.7. The van der Waals surface area contributed by atoms with Crippen molar-refractivity contribution in [1.29, 1.82) is 0 Å². The first-order chi connectivity index (χ1) is 29.7. The van der Waals surface area contributed by atoms with Gasteiger partial charge in [0.1, 0.15) is 30.7 Å². The van der Waals surface area contributed by atoms with Crippen molar-refractivity contribution < 1.29 is 58.0 Å². The van der Waals surface area contributed by atoms with Crippen LogP contribution in [0.2, 0.25) is 0 Å². The summed E-state index contributed by atoms with van der Waals surface area (Å²) in [5.41, 5.74) is -0.132. The summed E-state index contributed by atoms with van der Waals surface area (Å²) in [5, 5.41) is 34.8. The molecule has 3 fully saturated rings. The summed E-state index contributed by atoms with van der Waals surface area (Å²) >= 11 is 0. The van der Waals surface area contributed by atoms with Gasteiger partial charge in [0.15, 0.2) is 12.6 Å². The molecule has 15 nitrogen and oxygen atoms in total. The molecule has 0 bridgehead atoms. The third-order valence-electron chi connectivity index (χ3n) is 13.8. The van der Waals surface area contributed by atoms with Gasteiger partial charge < -0.3 is 63.0 Å². The summed E-state index contributed by atoms with van der Waals surface area (Å²) in [4.78, 5) is 23.0. The highest BCUT2D eigenvalue weighted by Gasteiger charge is 2.52. The summed E-state index contributed by atoms with van der Waals surface area (Å²) in [7, 11) is 8.93. The molecule has 3 saturated heterocycles.